The molecule has 1 atom stereocenters. The Morgan fingerprint density at radius 1 is 1.26 bits per heavy atom. The van der Waals surface area contributed by atoms with E-state index in [-0.39, 0.29) is 24.1 Å². The van der Waals surface area contributed by atoms with Crippen molar-refractivity contribution in [3.05, 3.63) is 57.8 Å². The molecule has 1 saturated carbocycles. The van der Waals surface area contributed by atoms with Crippen LogP contribution in [0.4, 0.5) is 0 Å². The smallest absolute Gasteiger partial charge is 0.267 e. The van der Waals surface area contributed by atoms with Crippen molar-refractivity contribution in [1.82, 2.24) is 20.1 Å². The number of hydrogen-bond donors (Lipinski definition) is 1. The molecule has 0 aliphatic heterocycles. The van der Waals surface area contributed by atoms with Crippen molar-refractivity contribution in [2.24, 2.45) is 5.92 Å². The second kappa shape index (κ2) is 6.32. The van der Waals surface area contributed by atoms with E-state index in [1.54, 1.807) is 13.0 Å². The minimum atomic E-state index is -0.276. The number of carbonyl (C=O) groups is 1. The van der Waals surface area contributed by atoms with Crippen LogP contribution in [0.15, 0.2) is 35.1 Å². The highest BCUT2D eigenvalue weighted by Crippen LogP contribution is 2.40. The molecule has 1 fully saturated rings. The van der Waals surface area contributed by atoms with Gasteiger partial charge in [0.15, 0.2) is 0 Å². The van der Waals surface area contributed by atoms with Gasteiger partial charge < -0.3 is 5.32 Å². The van der Waals surface area contributed by atoms with Gasteiger partial charge in [0.25, 0.3) is 5.56 Å². The van der Waals surface area contributed by atoms with E-state index in [1.807, 2.05) is 25.1 Å². The lowest BCUT2D eigenvalue weighted by Gasteiger charge is -2.18. The van der Waals surface area contributed by atoms with Gasteiger partial charge in [-0.25, -0.2) is 4.68 Å². The Hall–Kier alpha value is -2.50. The molecule has 120 valence electrons. The molecule has 6 heteroatoms. The van der Waals surface area contributed by atoms with Crippen LogP contribution < -0.4 is 10.9 Å². The van der Waals surface area contributed by atoms with E-state index in [1.165, 1.54) is 10.7 Å². The molecule has 1 aliphatic rings. The number of nitrogens with zero attached hydrogens (tertiary/aromatic N) is 3. The van der Waals surface area contributed by atoms with Crippen LogP contribution in [0.5, 0.6) is 0 Å². The lowest BCUT2D eigenvalue weighted by molar-refractivity contribution is -0.122. The lowest BCUT2D eigenvalue weighted by atomic mass is 10.1. The van der Waals surface area contributed by atoms with Crippen LogP contribution in [0, 0.1) is 19.8 Å². The summed E-state index contributed by atoms with van der Waals surface area (Å²) in [6, 6.07) is 8.80. The average molecular weight is 312 g/mol. The molecule has 0 aromatic carbocycles. The first-order valence-corrected chi connectivity index (χ1v) is 7.80. The minimum absolute atomic E-state index is 0.0739. The van der Waals surface area contributed by atoms with Crippen LogP contribution in [0.1, 0.15) is 36.0 Å². The van der Waals surface area contributed by atoms with Gasteiger partial charge in [-0.3, -0.25) is 14.6 Å². The first-order valence-electron chi connectivity index (χ1n) is 7.80. The van der Waals surface area contributed by atoms with E-state index >= 15 is 0 Å². The maximum Gasteiger partial charge on any atom is 0.267 e. The Labute approximate surface area is 134 Å². The molecule has 0 saturated heterocycles. The van der Waals surface area contributed by atoms with Gasteiger partial charge in [0.2, 0.25) is 5.91 Å². The van der Waals surface area contributed by atoms with Crippen LogP contribution in [0.2, 0.25) is 0 Å². The van der Waals surface area contributed by atoms with E-state index in [0.717, 1.165) is 24.2 Å². The Morgan fingerprint density at radius 2 is 2.04 bits per heavy atom. The fourth-order valence-electron chi connectivity index (χ4n) is 2.62. The molecular weight excluding hydrogens is 292 g/mol. The summed E-state index contributed by atoms with van der Waals surface area (Å²) in [7, 11) is 0. The maximum absolute atomic E-state index is 12.3. The largest absolute Gasteiger partial charge is 0.346 e. The summed E-state index contributed by atoms with van der Waals surface area (Å²) in [6.07, 6.45) is 2.17. The summed E-state index contributed by atoms with van der Waals surface area (Å²) in [5, 5.41) is 7.11. The van der Waals surface area contributed by atoms with Gasteiger partial charge in [-0.05, 0) is 50.8 Å². The molecule has 6 nitrogen and oxygen atoms in total. The van der Waals surface area contributed by atoms with Gasteiger partial charge in [-0.2, -0.15) is 5.10 Å². The van der Waals surface area contributed by atoms with E-state index in [2.05, 4.69) is 15.4 Å². The fourth-order valence-corrected chi connectivity index (χ4v) is 2.62. The van der Waals surface area contributed by atoms with Crippen molar-refractivity contribution >= 4 is 5.91 Å². The molecule has 1 aliphatic carbocycles. The Balaban J connectivity index is 1.74. The third-order valence-corrected chi connectivity index (χ3v) is 3.93. The quantitative estimate of drug-likeness (QED) is 0.908. The van der Waals surface area contributed by atoms with Crippen molar-refractivity contribution in [3.63, 3.8) is 0 Å². The van der Waals surface area contributed by atoms with Crippen LogP contribution in [0.3, 0.4) is 0 Å². The molecule has 1 amide bonds. The highest BCUT2D eigenvalue weighted by Gasteiger charge is 2.34. The van der Waals surface area contributed by atoms with E-state index in [0.29, 0.717) is 11.6 Å². The summed E-state index contributed by atoms with van der Waals surface area (Å²) in [5.41, 5.74) is 2.24. The SMILES string of the molecule is Cc1cccc([C@H](NC(=O)Cn2nc(C)ccc2=O)C2CC2)n1. The number of pyridine rings is 1. The molecule has 3 rings (SSSR count). The highest BCUT2D eigenvalue weighted by atomic mass is 16.2. The number of carbonyl (C=O) groups excluding carboxylic acids is 1. The van der Waals surface area contributed by atoms with Crippen LogP contribution in [-0.4, -0.2) is 20.7 Å². The van der Waals surface area contributed by atoms with Gasteiger partial charge >= 0.3 is 0 Å². The Kier molecular flexibility index (Phi) is 4.23. The Bertz CT molecular complexity index is 780. The maximum atomic E-state index is 12.3. The first kappa shape index (κ1) is 15.4. The molecule has 0 spiro atoms. The number of amides is 1. The molecule has 2 aromatic heterocycles. The normalized spacial score (nSPS) is 15.2. The molecule has 2 aromatic rings. The van der Waals surface area contributed by atoms with Gasteiger partial charge in [0, 0.05) is 11.8 Å². The molecule has 2 heterocycles. The third-order valence-electron chi connectivity index (χ3n) is 3.93. The zero-order valence-electron chi connectivity index (χ0n) is 13.3. The third kappa shape index (κ3) is 3.83. The number of rotatable bonds is 5. The summed E-state index contributed by atoms with van der Waals surface area (Å²) < 4.78 is 1.19. The fraction of sp³-hybridized carbons (Fsp3) is 0.412. The highest BCUT2D eigenvalue weighted by molar-refractivity contribution is 5.76. The second-order valence-corrected chi connectivity index (χ2v) is 6.06. The zero-order valence-corrected chi connectivity index (χ0v) is 13.3. The van der Waals surface area contributed by atoms with Crippen molar-refractivity contribution in [2.45, 2.75) is 39.3 Å². The van der Waals surface area contributed by atoms with Crippen LogP contribution in [-0.2, 0) is 11.3 Å². The molecule has 23 heavy (non-hydrogen) atoms. The zero-order chi connectivity index (χ0) is 16.4. The summed E-state index contributed by atoms with van der Waals surface area (Å²) >= 11 is 0. The standard InChI is InChI=1S/C17H20N4O2/c1-11-4-3-5-14(18-11)17(13-7-8-13)19-15(22)10-21-16(23)9-6-12(2)20-21/h3-6,9,13,17H,7-8,10H2,1-2H3,(H,19,22)/t17-/m1/s1. The molecule has 1 N–H and O–H groups in total. The minimum Gasteiger partial charge on any atom is -0.346 e. The van der Waals surface area contributed by atoms with E-state index in [4.69, 9.17) is 0 Å². The Morgan fingerprint density at radius 3 is 2.74 bits per heavy atom. The monoisotopic (exact) mass is 312 g/mol. The van der Waals surface area contributed by atoms with E-state index in [9.17, 15) is 9.59 Å². The number of aromatic nitrogens is 3. The molecule has 0 unspecified atom stereocenters. The van der Waals surface area contributed by atoms with E-state index < -0.39 is 0 Å². The molecule has 0 bridgehead atoms. The van der Waals surface area contributed by atoms with Crippen molar-refractivity contribution < 1.29 is 4.79 Å². The predicted octanol–water partition coefficient (Wildman–Crippen LogP) is 1.52. The van der Waals surface area contributed by atoms with Crippen LogP contribution >= 0.6 is 0 Å². The van der Waals surface area contributed by atoms with Crippen molar-refractivity contribution in [3.8, 4) is 0 Å². The topological polar surface area (TPSA) is 76.9 Å². The number of hydrogen-bond acceptors (Lipinski definition) is 4. The summed E-state index contributed by atoms with van der Waals surface area (Å²) in [4.78, 5) is 28.6. The van der Waals surface area contributed by atoms with Gasteiger partial charge in [0.05, 0.1) is 17.4 Å². The second-order valence-electron chi connectivity index (χ2n) is 6.06. The molecule has 0 radical (unpaired) electrons. The average Bonchev–Trinajstić information content (AvgIpc) is 3.33. The van der Waals surface area contributed by atoms with Crippen molar-refractivity contribution in [1.29, 1.82) is 0 Å². The van der Waals surface area contributed by atoms with Gasteiger partial charge in [-0.15, -0.1) is 0 Å². The first-order chi connectivity index (χ1) is 11.0. The summed E-state index contributed by atoms with van der Waals surface area (Å²) in [5.74, 6) is 0.209. The van der Waals surface area contributed by atoms with Gasteiger partial charge in [0.1, 0.15) is 6.54 Å². The summed E-state index contributed by atoms with van der Waals surface area (Å²) in [6.45, 7) is 3.65. The predicted molar refractivity (Wildman–Crippen MR) is 85.8 cm³/mol. The lowest BCUT2D eigenvalue weighted by Crippen LogP contribution is -2.36. The number of nitrogens with one attached hydrogen (secondary N) is 1. The van der Waals surface area contributed by atoms with Gasteiger partial charge in [-0.1, -0.05) is 6.07 Å². The number of aryl methyl sites for hydroxylation is 2. The van der Waals surface area contributed by atoms with Crippen molar-refractivity contribution in [2.75, 3.05) is 0 Å². The van der Waals surface area contributed by atoms with Crippen LogP contribution in [0.25, 0.3) is 0 Å². The molecular formula is C17H20N4O2.